The predicted octanol–water partition coefficient (Wildman–Crippen LogP) is 2.23. The van der Waals surface area contributed by atoms with Gasteiger partial charge >= 0.3 is 0 Å². The fourth-order valence-corrected chi connectivity index (χ4v) is 2.85. The highest BCUT2D eigenvalue weighted by molar-refractivity contribution is 5.76. The van der Waals surface area contributed by atoms with E-state index in [4.69, 9.17) is 9.26 Å². The van der Waals surface area contributed by atoms with Crippen molar-refractivity contribution in [1.29, 1.82) is 0 Å². The lowest BCUT2D eigenvalue weighted by Crippen LogP contribution is -2.50. The van der Waals surface area contributed by atoms with Crippen molar-refractivity contribution in [3.63, 3.8) is 0 Å². The highest BCUT2D eigenvalue weighted by Gasteiger charge is 2.27. The Balaban J connectivity index is 1.52. The topological polar surface area (TPSA) is 68.5 Å². The fraction of sp³-hybridized carbons (Fsp3) is 0.500. The molecule has 0 spiro atoms. The van der Waals surface area contributed by atoms with Crippen molar-refractivity contribution in [2.75, 3.05) is 13.2 Å². The van der Waals surface area contributed by atoms with Crippen LogP contribution in [0.5, 0.6) is 0 Å². The normalized spacial score (nSPS) is 21.0. The van der Waals surface area contributed by atoms with Crippen LogP contribution in [-0.4, -0.2) is 46.2 Å². The molecule has 0 bridgehead atoms. The van der Waals surface area contributed by atoms with Crippen LogP contribution >= 0.6 is 0 Å². The molecule has 128 valence electrons. The van der Waals surface area contributed by atoms with Gasteiger partial charge in [0, 0.05) is 25.8 Å². The van der Waals surface area contributed by atoms with Crippen molar-refractivity contribution in [1.82, 2.24) is 15.0 Å². The average Bonchev–Trinajstić information content (AvgIpc) is 3.03. The number of aryl methyl sites for hydroxylation is 1. The largest absolute Gasteiger partial charge is 0.375 e. The average molecular weight is 329 g/mol. The van der Waals surface area contributed by atoms with E-state index in [0.29, 0.717) is 44.1 Å². The Morgan fingerprint density at radius 1 is 1.29 bits per heavy atom. The maximum Gasteiger partial charge on any atom is 0.227 e. The van der Waals surface area contributed by atoms with Gasteiger partial charge in [-0.1, -0.05) is 35.5 Å². The number of carbonyl (C=O) groups excluding carboxylic acids is 1. The first-order valence-electron chi connectivity index (χ1n) is 8.38. The van der Waals surface area contributed by atoms with Crippen LogP contribution in [0.2, 0.25) is 0 Å². The van der Waals surface area contributed by atoms with Crippen LogP contribution in [0.4, 0.5) is 0 Å². The first-order chi connectivity index (χ1) is 11.6. The van der Waals surface area contributed by atoms with E-state index >= 15 is 0 Å². The molecule has 1 aliphatic rings. The third-order valence-corrected chi connectivity index (χ3v) is 4.20. The quantitative estimate of drug-likeness (QED) is 0.841. The first kappa shape index (κ1) is 16.6. The van der Waals surface area contributed by atoms with Crippen molar-refractivity contribution in [3.8, 4) is 0 Å². The van der Waals surface area contributed by atoms with Gasteiger partial charge in [0.15, 0.2) is 5.82 Å². The Kier molecular flexibility index (Phi) is 5.25. The van der Waals surface area contributed by atoms with Crippen molar-refractivity contribution >= 4 is 5.91 Å². The van der Waals surface area contributed by atoms with Gasteiger partial charge in [-0.3, -0.25) is 4.79 Å². The number of benzene rings is 1. The molecular formula is C18H23N3O3. The molecule has 3 rings (SSSR count). The molecule has 6 nitrogen and oxygen atoms in total. The minimum absolute atomic E-state index is 0.0889. The molecule has 1 aromatic heterocycles. The van der Waals surface area contributed by atoms with E-state index in [1.165, 1.54) is 0 Å². The lowest BCUT2D eigenvalue weighted by molar-refractivity contribution is -0.143. The van der Waals surface area contributed by atoms with Crippen LogP contribution in [0.1, 0.15) is 37.5 Å². The molecule has 2 unspecified atom stereocenters. The molecule has 2 heterocycles. The summed E-state index contributed by atoms with van der Waals surface area (Å²) < 4.78 is 10.8. The molecule has 2 aromatic rings. The van der Waals surface area contributed by atoms with Crippen molar-refractivity contribution in [2.24, 2.45) is 0 Å². The number of morpholine rings is 1. The summed E-state index contributed by atoms with van der Waals surface area (Å²) in [6, 6.07) is 10.1. The van der Waals surface area contributed by atoms with E-state index in [1.807, 2.05) is 49.1 Å². The monoisotopic (exact) mass is 329 g/mol. The van der Waals surface area contributed by atoms with Crippen LogP contribution in [0, 0.1) is 0 Å². The van der Waals surface area contributed by atoms with Gasteiger partial charge in [0.1, 0.15) is 0 Å². The summed E-state index contributed by atoms with van der Waals surface area (Å²) in [4.78, 5) is 18.7. The fourth-order valence-electron chi connectivity index (χ4n) is 2.85. The summed E-state index contributed by atoms with van der Waals surface area (Å²) in [5.41, 5.74) is 1.14. The van der Waals surface area contributed by atoms with Gasteiger partial charge in [0.05, 0.1) is 18.8 Å². The van der Waals surface area contributed by atoms with E-state index in [-0.39, 0.29) is 18.1 Å². The molecule has 0 N–H and O–H groups in total. The summed E-state index contributed by atoms with van der Waals surface area (Å²) in [6.45, 7) is 5.23. The molecule has 1 amide bonds. The van der Waals surface area contributed by atoms with Crippen LogP contribution in [0.25, 0.3) is 0 Å². The maximum atomic E-state index is 12.4. The zero-order chi connectivity index (χ0) is 16.9. The molecule has 0 radical (unpaired) electrons. The molecule has 1 aromatic carbocycles. The molecule has 0 saturated carbocycles. The van der Waals surface area contributed by atoms with Gasteiger partial charge in [0.25, 0.3) is 0 Å². The summed E-state index contributed by atoms with van der Waals surface area (Å²) in [5, 5.41) is 4.00. The number of hydrogen-bond donors (Lipinski definition) is 0. The zero-order valence-electron chi connectivity index (χ0n) is 14.1. The second-order valence-electron chi connectivity index (χ2n) is 6.31. The van der Waals surface area contributed by atoms with Gasteiger partial charge in [-0.05, 0) is 19.4 Å². The van der Waals surface area contributed by atoms with E-state index < -0.39 is 0 Å². The Morgan fingerprint density at radius 2 is 2.08 bits per heavy atom. The minimum atomic E-state index is 0.0889. The number of carbonyl (C=O) groups is 1. The highest BCUT2D eigenvalue weighted by Crippen LogP contribution is 2.14. The number of amides is 1. The summed E-state index contributed by atoms with van der Waals surface area (Å²) in [5.74, 6) is 1.28. The lowest BCUT2D eigenvalue weighted by atomic mass is 10.1. The Bertz CT molecular complexity index is 671. The van der Waals surface area contributed by atoms with Gasteiger partial charge < -0.3 is 14.2 Å². The number of rotatable bonds is 5. The molecular weight excluding hydrogens is 306 g/mol. The van der Waals surface area contributed by atoms with E-state index in [1.54, 1.807) is 0 Å². The van der Waals surface area contributed by atoms with E-state index in [9.17, 15) is 4.79 Å². The van der Waals surface area contributed by atoms with Gasteiger partial charge in [-0.25, -0.2) is 0 Å². The molecule has 2 atom stereocenters. The molecule has 6 heteroatoms. The Hall–Kier alpha value is -2.21. The summed E-state index contributed by atoms with van der Waals surface area (Å²) in [6.07, 6.45) is 1.57. The molecule has 1 saturated heterocycles. The van der Waals surface area contributed by atoms with Crippen molar-refractivity contribution in [2.45, 2.75) is 45.3 Å². The Labute approximate surface area is 141 Å². The highest BCUT2D eigenvalue weighted by atomic mass is 16.5. The lowest BCUT2D eigenvalue weighted by Gasteiger charge is -2.36. The molecule has 0 aliphatic carbocycles. The smallest absolute Gasteiger partial charge is 0.227 e. The van der Waals surface area contributed by atoms with Crippen LogP contribution in [0.3, 0.4) is 0 Å². The predicted molar refractivity (Wildman–Crippen MR) is 88.5 cm³/mol. The standard InChI is InChI=1S/C18H23N3O3/c1-13-12-23-14(2)11-21(13)18(22)9-8-17-19-16(20-24-17)10-15-6-4-3-5-7-15/h3-7,13-14H,8-12H2,1-2H3. The van der Waals surface area contributed by atoms with Gasteiger partial charge in [0.2, 0.25) is 11.8 Å². The second-order valence-corrected chi connectivity index (χ2v) is 6.31. The first-order valence-corrected chi connectivity index (χ1v) is 8.38. The maximum absolute atomic E-state index is 12.4. The minimum Gasteiger partial charge on any atom is -0.375 e. The Morgan fingerprint density at radius 3 is 2.88 bits per heavy atom. The van der Waals surface area contributed by atoms with Crippen molar-refractivity contribution in [3.05, 3.63) is 47.6 Å². The van der Waals surface area contributed by atoms with Crippen molar-refractivity contribution < 1.29 is 14.1 Å². The third-order valence-electron chi connectivity index (χ3n) is 4.20. The van der Waals surface area contributed by atoms with E-state index in [2.05, 4.69) is 10.1 Å². The van der Waals surface area contributed by atoms with E-state index in [0.717, 1.165) is 5.56 Å². The number of ether oxygens (including phenoxy) is 1. The molecule has 24 heavy (non-hydrogen) atoms. The van der Waals surface area contributed by atoms with Gasteiger partial charge in [-0.2, -0.15) is 4.98 Å². The number of hydrogen-bond acceptors (Lipinski definition) is 5. The second kappa shape index (κ2) is 7.57. The number of nitrogens with zero attached hydrogens (tertiary/aromatic N) is 3. The molecule has 1 fully saturated rings. The van der Waals surface area contributed by atoms with Crippen LogP contribution < -0.4 is 0 Å². The molecule has 1 aliphatic heterocycles. The summed E-state index contributed by atoms with van der Waals surface area (Å²) in [7, 11) is 0. The third kappa shape index (κ3) is 4.20. The summed E-state index contributed by atoms with van der Waals surface area (Å²) >= 11 is 0. The number of aromatic nitrogens is 2. The van der Waals surface area contributed by atoms with Gasteiger partial charge in [-0.15, -0.1) is 0 Å². The van der Waals surface area contributed by atoms with Crippen LogP contribution in [0.15, 0.2) is 34.9 Å². The van der Waals surface area contributed by atoms with Crippen LogP contribution in [-0.2, 0) is 22.4 Å². The SMILES string of the molecule is CC1CN(C(=O)CCc2nc(Cc3ccccc3)no2)C(C)CO1. The zero-order valence-corrected chi connectivity index (χ0v) is 14.1.